The summed E-state index contributed by atoms with van der Waals surface area (Å²) in [4.78, 5) is 12.8. The van der Waals surface area contributed by atoms with E-state index in [1.807, 2.05) is 42.5 Å². The van der Waals surface area contributed by atoms with Crippen molar-refractivity contribution in [3.05, 3.63) is 84.3 Å². The topological polar surface area (TPSA) is 69.8 Å². The molecule has 0 radical (unpaired) electrons. The molecule has 1 heterocycles. The third-order valence-corrected chi connectivity index (χ3v) is 4.69. The van der Waals surface area contributed by atoms with Crippen LogP contribution in [-0.2, 0) is 4.79 Å². The number of hydrogen-bond acceptors (Lipinski definition) is 3. The second-order valence-corrected chi connectivity index (χ2v) is 6.48. The highest BCUT2D eigenvalue weighted by molar-refractivity contribution is 5.97. The van der Waals surface area contributed by atoms with E-state index in [9.17, 15) is 9.18 Å². The number of H-pyrrole nitrogens is 1. The smallest absolute Gasteiger partial charge is 0.246 e. The summed E-state index contributed by atoms with van der Waals surface area (Å²) >= 11 is 0. The van der Waals surface area contributed by atoms with Gasteiger partial charge in [-0.05, 0) is 42.4 Å². The number of hydrogen-bond donors (Lipinski definition) is 3. The van der Waals surface area contributed by atoms with Gasteiger partial charge < -0.3 is 10.6 Å². The quantitative estimate of drug-likeness (QED) is 0.489. The van der Waals surface area contributed by atoms with Crippen LogP contribution in [0.5, 0.6) is 0 Å². The number of carbonyl (C=O) groups is 1. The molecular formula is C22H19FN4O. The molecule has 4 rings (SSSR count). The van der Waals surface area contributed by atoms with Crippen molar-refractivity contribution < 1.29 is 9.18 Å². The van der Waals surface area contributed by atoms with Crippen molar-refractivity contribution in [3.63, 3.8) is 0 Å². The van der Waals surface area contributed by atoms with Crippen LogP contribution in [0, 0.1) is 5.82 Å². The number of nitrogens with one attached hydrogen (secondary N) is 3. The molecule has 3 N–H and O–H groups in total. The van der Waals surface area contributed by atoms with Crippen molar-refractivity contribution in [2.75, 3.05) is 12.4 Å². The van der Waals surface area contributed by atoms with E-state index in [1.165, 1.54) is 6.07 Å². The lowest BCUT2D eigenvalue weighted by Crippen LogP contribution is -2.30. The molecule has 4 aromatic rings. The summed E-state index contributed by atoms with van der Waals surface area (Å²) in [5.41, 5.74) is 3.70. The van der Waals surface area contributed by atoms with Crippen LogP contribution < -0.4 is 10.6 Å². The Kier molecular flexibility index (Phi) is 4.87. The van der Waals surface area contributed by atoms with Crippen LogP contribution in [0.2, 0.25) is 0 Å². The molecular weight excluding hydrogens is 355 g/mol. The number of benzene rings is 3. The number of aromatic nitrogens is 2. The fraction of sp³-hybridized carbons (Fsp3) is 0.0909. The summed E-state index contributed by atoms with van der Waals surface area (Å²) in [7, 11) is 1.73. The SMILES string of the molecule is CNC(C(=O)Nc1ccc2[nH]ncc2c1)c1ccc(-c2ccccc2F)cc1. The maximum absolute atomic E-state index is 14.0. The normalized spacial score (nSPS) is 12.1. The minimum atomic E-state index is -0.533. The third kappa shape index (κ3) is 3.50. The molecule has 0 bridgehead atoms. The Morgan fingerprint density at radius 3 is 2.61 bits per heavy atom. The number of amides is 1. The highest BCUT2D eigenvalue weighted by Gasteiger charge is 2.19. The summed E-state index contributed by atoms with van der Waals surface area (Å²) in [6, 6.07) is 19.0. The van der Waals surface area contributed by atoms with Gasteiger partial charge >= 0.3 is 0 Å². The molecule has 0 spiro atoms. The average molecular weight is 374 g/mol. The lowest BCUT2D eigenvalue weighted by Gasteiger charge is -2.17. The van der Waals surface area contributed by atoms with Crippen molar-refractivity contribution in [2.45, 2.75) is 6.04 Å². The number of anilines is 1. The molecule has 0 aliphatic carbocycles. The second-order valence-electron chi connectivity index (χ2n) is 6.48. The molecule has 0 saturated carbocycles. The zero-order valence-electron chi connectivity index (χ0n) is 15.2. The summed E-state index contributed by atoms with van der Waals surface area (Å²) in [6.07, 6.45) is 1.71. The maximum atomic E-state index is 14.0. The molecule has 6 heteroatoms. The standard InChI is InChI=1S/C22H19FN4O/c1-24-21(22(28)26-17-10-11-20-16(12-17)13-25-27-20)15-8-6-14(7-9-15)18-4-2-3-5-19(18)23/h2-13,21,24H,1H3,(H,25,27)(H,26,28). The summed E-state index contributed by atoms with van der Waals surface area (Å²) < 4.78 is 14.0. The van der Waals surface area contributed by atoms with Crippen LogP contribution in [-0.4, -0.2) is 23.2 Å². The Morgan fingerprint density at radius 2 is 1.86 bits per heavy atom. The molecule has 0 saturated heterocycles. The van der Waals surface area contributed by atoms with Gasteiger partial charge in [0, 0.05) is 16.6 Å². The molecule has 1 unspecified atom stereocenters. The molecule has 0 aliphatic heterocycles. The molecule has 5 nitrogen and oxygen atoms in total. The minimum absolute atomic E-state index is 0.177. The lowest BCUT2D eigenvalue weighted by atomic mass is 10.00. The molecule has 1 atom stereocenters. The molecule has 3 aromatic carbocycles. The van der Waals surface area contributed by atoms with Gasteiger partial charge in [-0.3, -0.25) is 9.89 Å². The molecule has 28 heavy (non-hydrogen) atoms. The largest absolute Gasteiger partial charge is 0.324 e. The highest BCUT2D eigenvalue weighted by atomic mass is 19.1. The van der Waals surface area contributed by atoms with Crippen LogP contribution in [0.3, 0.4) is 0 Å². The molecule has 1 aromatic heterocycles. The number of carbonyl (C=O) groups excluding carboxylic acids is 1. The number of nitrogens with zero attached hydrogens (tertiary/aromatic N) is 1. The predicted octanol–water partition coefficient (Wildman–Crippen LogP) is 4.27. The van der Waals surface area contributed by atoms with Crippen LogP contribution in [0.25, 0.3) is 22.0 Å². The van der Waals surface area contributed by atoms with E-state index >= 15 is 0 Å². The van der Waals surface area contributed by atoms with E-state index < -0.39 is 6.04 Å². The third-order valence-electron chi connectivity index (χ3n) is 4.69. The second kappa shape index (κ2) is 7.62. The van der Waals surface area contributed by atoms with Gasteiger partial charge in [-0.25, -0.2) is 4.39 Å². The summed E-state index contributed by atoms with van der Waals surface area (Å²) in [5, 5.41) is 13.8. The lowest BCUT2D eigenvalue weighted by molar-refractivity contribution is -0.118. The van der Waals surface area contributed by atoms with Crippen LogP contribution in [0.4, 0.5) is 10.1 Å². The van der Waals surface area contributed by atoms with Crippen molar-refractivity contribution in [1.82, 2.24) is 15.5 Å². The fourth-order valence-corrected chi connectivity index (χ4v) is 3.23. The van der Waals surface area contributed by atoms with Gasteiger partial charge in [0.1, 0.15) is 11.9 Å². The van der Waals surface area contributed by atoms with Gasteiger partial charge in [-0.1, -0.05) is 42.5 Å². The van der Waals surface area contributed by atoms with Gasteiger partial charge in [0.05, 0.1) is 11.7 Å². The molecule has 140 valence electrons. The first kappa shape index (κ1) is 17.9. The Hall–Kier alpha value is -3.51. The van der Waals surface area contributed by atoms with E-state index in [-0.39, 0.29) is 11.7 Å². The zero-order chi connectivity index (χ0) is 19.5. The van der Waals surface area contributed by atoms with E-state index in [2.05, 4.69) is 20.8 Å². The highest BCUT2D eigenvalue weighted by Crippen LogP contribution is 2.25. The first-order valence-electron chi connectivity index (χ1n) is 8.92. The van der Waals surface area contributed by atoms with E-state index in [0.717, 1.165) is 22.0 Å². The zero-order valence-corrected chi connectivity index (χ0v) is 15.2. The fourth-order valence-electron chi connectivity index (χ4n) is 3.23. The van der Waals surface area contributed by atoms with Crippen molar-refractivity contribution in [1.29, 1.82) is 0 Å². The van der Waals surface area contributed by atoms with Crippen molar-refractivity contribution in [2.24, 2.45) is 0 Å². The van der Waals surface area contributed by atoms with Crippen LogP contribution in [0.15, 0.2) is 72.9 Å². The Balaban J connectivity index is 1.54. The van der Waals surface area contributed by atoms with Crippen molar-refractivity contribution >= 4 is 22.5 Å². The van der Waals surface area contributed by atoms with Gasteiger partial charge in [-0.2, -0.15) is 5.10 Å². The first-order chi connectivity index (χ1) is 13.7. The predicted molar refractivity (Wildman–Crippen MR) is 108 cm³/mol. The monoisotopic (exact) mass is 374 g/mol. The van der Waals surface area contributed by atoms with Gasteiger partial charge in [0.15, 0.2) is 0 Å². The molecule has 1 amide bonds. The number of aromatic amines is 1. The van der Waals surface area contributed by atoms with Crippen molar-refractivity contribution in [3.8, 4) is 11.1 Å². The summed E-state index contributed by atoms with van der Waals surface area (Å²) in [5.74, 6) is -0.447. The number of likely N-dealkylation sites (N-methyl/N-ethyl adjacent to an activating group) is 1. The molecule has 0 aliphatic rings. The number of rotatable bonds is 5. The van der Waals surface area contributed by atoms with Gasteiger partial charge in [-0.15, -0.1) is 0 Å². The molecule has 0 fully saturated rings. The van der Waals surface area contributed by atoms with Crippen LogP contribution >= 0.6 is 0 Å². The average Bonchev–Trinajstić information content (AvgIpc) is 3.17. The number of halogens is 1. The Labute approximate surface area is 161 Å². The van der Waals surface area contributed by atoms with E-state index in [0.29, 0.717) is 11.3 Å². The first-order valence-corrected chi connectivity index (χ1v) is 8.92. The van der Waals surface area contributed by atoms with Crippen LogP contribution in [0.1, 0.15) is 11.6 Å². The van der Waals surface area contributed by atoms with Gasteiger partial charge in [0.25, 0.3) is 0 Å². The Morgan fingerprint density at radius 1 is 1.07 bits per heavy atom. The summed E-state index contributed by atoms with van der Waals surface area (Å²) in [6.45, 7) is 0. The van der Waals surface area contributed by atoms with Gasteiger partial charge in [0.2, 0.25) is 5.91 Å². The number of fused-ring (bicyclic) bond motifs is 1. The maximum Gasteiger partial charge on any atom is 0.246 e. The van der Waals surface area contributed by atoms with E-state index in [4.69, 9.17) is 0 Å². The Bertz CT molecular complexity index is 1120. The minimum Gasteiger partial charge on any atom is -0.324 e. The van der Waals surface area contributed by atoms with E-state index in [1.54, 1.807) is 31.4 Å².